The molecule has 2 aromatic carbocycles. The molecular formula is C15H10F5N3O2S2. The van der Waals surface area contributed by atoms with Crippen LogP contribution in [0.1, 0.15) is 20.7 Å². The Balaban J connectivity index is 1.71. The highest BCUT2D eigenvalue weighted by molar-refractivity contribution is 8.45. The lowest BCUT2D eigenvalue weighted by atomic mass is 10.1. The molecule has 0 unspecified atom stereocenters. The molecule has 0 aromatic heterocycles. The number of anilines is 2. The summed E-state index contributed by atoms with van der Waals surface area (Å²) in [6.45, 7) is 0. The molecule has 2 amide bonds. The second-order valence-electron chi connectivity index (χ2n) is 5.62. The third kappa shape index (κ3) is 4.17. The highest BCUT2D eigenvalue weighted by atomic mass is 32.5. The van der Waals surface area contributed by atoms with Crippen LogP contribution < -0.4 is 16.0 Å². The van der Waals surface area contributed by atoms with Gasteiger partial charge >= 0.3 is 10.2 Å². The minimum atomic E-state index is -9.73. The summed E-state index contributed by atoms with van der Waals surface area (Å²) in [6.07, 6.45) is 0. The van der Waals surface area contributed by atoms with Crippen LogP contribution >= 0.6 is 22.4 Å². The fourth-order valence-electron chi connectivity index (χ4n) is 2.33. The topological polar surface area (TPSA) is 70.2 Å². The first-order chi connectivity index (χ1) is 12.2. The first-order valence-electron chi connectivity index (χ1n) is 7.15. The zero-order chi connectivity index (χ0) is 20.1. The lowest BCUT2D eigenvalue weighted by Crippen LogP contribution is -2.20. The number of hydrogen-bond donors (Lipinski definition) is 3. The number of carbonyl (C=O) groups excluding carboxylic acids is 2. The van der Waals surface area contributed by atoms with Crippen LogP contribution in [0.25, 0.3) is 0 Å². The van der Waals surface area contributed by atoms with Crippen LogP contribution in [0.4, 0.5) is 30.8 Å². The number of hydrogen-bond acceptors (Lipinski definition) is 3. The smallest absolute Gasteiger partial charge is 0.310 e. The molecule has 144 valence electrons. The molecule has 0 saturated heterocycles. The number of imide groups is 1. The minimum Gasteiger partial charge on any atom is -0.332 e. The van der Waals surface area contributed by atoms with Gasteiger partial charge in [-0.25, -0.2) is 0 Å². The van der Waals surface area contributed by atoms with Crippen molar-refractivity contribution in [1.82, 2.24) is 5.32 Å². The average molecular weight is 423 g/mol. The zero-order valence-corrected chi connectivity index (χ0v) is 14.7. The Bertz CT molecular complexity index is 992. The molecule has 0 aliphatic carbocycles. The molecule has 0 fully saturated rings. The van der Waals surface area contributed by atoms with E-state index in [1.807, 2.05) is 0 Å². The Morgan fingerprint density at radius 3 is 1.93 bits per heavy atom. The van der Waals surface area contributed by atoms with Crippen molar-refractivity contribution in [3.63, 3.8) is 0 Å². The van der Waals surface area contributed by atoms with Gasteiger partial charge in [0.2, 0.25) is 0 Å². The predicted molar refractivity (Wildman–Crippen MR) is 95.9 cm³/mol. The van der Waals surface area contributed by atoms with Gasteiger partial charge in [-0.15, -0.1) is 0 Å². The van der Waals surface area contributed by atoms with Crippen molar-refractivity contribution in [2.75, 3.05) is 10.6 Å². The molecule has 0 atom stereocenters. The Kier molecular flexibility index (Phi) is 3.80. The standard InChI is InChI=1S/C15H10F5N3O2S2/c16-27(17,18,19,20)10-4-1-8(2-5-10)21-15(26)22-9-3-6-11-12(7-9)14(25)23-13(11)24/h1-7H,(H2,21,22,26)(H,23,24,25). The second kappa shape index (κ2) is 5.39. The quantitative estimate of drug-likeness (QED) is 0.367. The van der Waals surface area contributed by atoms with E-state index in [0.717, 1.165) is 12.1 Å². The van der Waals surface area contributed by atoms with E-state index in [0.29, 0.717) is 5.69 Å². The van der Waals surface area contributed by atoms with E-state index in [2.05, 4.69) is 16.0 Å². The van der Waals surface area contributed by atoms with Crippen molar-refractivity contribution in [3.05, 3.63) is 53.6 Å². The normalized spacial score (nSPS) is 16.0. The van der Waals surface area contributed by atoms with E-state index in [4.69, 9.17) is 12.2 Å². The largest absolute Gasteiger partial charge is 0.332 e. The van der Waals surface area contributed by atoms with Gasteiger partial charge in [-0.2, -0.15) is 0 Å². The Morgan fingerprint density at radius 1 is 0.815 bits per heavy atom. The summed E-state index contributed by atoms with van der Waals surface area (Å²) in [5.41, 5.74) is 0.746. The van der Waals surface area contributed by atoms with Crippen LogP contribution in [-0.4, -0.2) is 16.9 Å². The van der Waals surface area contributed by atoms with Crippen LogP contribution in [0, 0.1) is 0 Å². The monoisotopic (exact) mass is 423 g/mol. The van der Waals surface area contributed by atoms with E-state index in [1.165, 1.54) is 18.2 Å². The van der Waals surface area contributed by atoms with Crippen molar-refractivity contribution < 1.29 is 29.0 Å². The summed E-state index contributed by atoms with van der Waals surface area (Å²) in [7, 11) is -9.73. The van der Waals surface area contributed by atoms with Gasteiger partial charge in [0.1, 0.15) is 4.90 Å². The van der Waals surface area contributed by atoms with Gasteiger partial charge in [0, 0.05) is 11.4 Å². The molecule has 0 spiro atoms. The number of rotatable bonds is 3. The Morgan fingerprint density at radius 2 is 1.33 bits per heavy atom. The van der Waals surface area contributed by atoms with Crippen molar-refractivity contribution in [3.8, 4) is 0 Å². The molecule has 3 rings (SSSR count). The Labute approximate surface area is 154 Å². The van der Waals surface area contributed by atoms with E-state index in [-0.39, 0.29) is 34.1 Å². The highest BCUT2D eigenvalue weighted by Crippen LogP contribution is 3.02. The minimum absolute atomic E-state index is 0.0483. The van der Waals surface area contributed by atoms with E-state index >= 15 is 0 Å². The number of halogens is 5. The average Bonchev–Trinajstić information content (AvgIpc) is 2.80. The van der Waals surface area contributed by atoms with Crippen LogP contribution in [0.2, 0.25) is 0 Å². The predicted octanol–water partition coefficient (Wildman–Crippen LogP) is 5.04. The Hall–Kier alpha value is -2.73. The van der Waals surface area contributed by atoms with Crippen LogP contribution in [-0.2, 0) is 0 Å². The fourth-order valence-corrected chi connectivity index (χ4v) is 3.22. The summed E-state index contributed by atoms with van der Waals surface area (Å²) in [6, 6.07) is 6.41. The summed E-state index contributed by atoms with van der Waals surface area (Å²) in [5.74, 6) is -1.09. The lowest BCUT2D eigenvalue weighted by Gasteiger charge is -2.40. The molecule has 0 saturated carbocycles. The molecule has 0 bridgehead atoms. The van der Waals surface area contributed by atoms with Crippen molar-refractivity contribution in [2.24, 2.45) is 0 Å². The fraction of sp³-hybridized carbons (Fsp3) is 0. The highest BCUT2D eigenvalue weighted by Gasteiger charge is 2.65. The molecule has 2 aromatic rings. The number of thiocarbonyl (C=S) groups is 1. The number of fused-ring (bicyclic) bond motifs is 1. The van der Waals surface area contributed by atoms with Crippen LogP contribution in [0.3, 0.4) is 0 Å². The summed E-state index contributed by atoms with van der Waals surface area (Å²) < 4.78 is 63.4. The van der Waals surface area contributed by atoms with Gasteiger partial charge in [-0.3, -0.25) is 14.9 Å². The molecule has 1 heterocycles. The van der Waals surface area contributed by atoms with E-state index in [1.54, 1.807) is 0 Å². The van der Waals surface area contributed by atoms with Crippen molar-refractivity contribution >= 4 is 50.7 Å². The first kappa shape index (κ1) is 19.0. The summed E-state index contributed by atoms with van der Waals surface area (Å²) in [4.78, 5) is 21.1. The third-order valence-electron chi connectivity index (χ3n) is 3.55. The molecule has 27 heavy (non-hydrogen) atoms. The molecule has 0 radical (unpaired) electrons. The van der Waals surface area contributed by atoms with Gasteiger partial charge in [0.15, 0.2) is 5.11 Å². The molecule has 5 nitrogen and oxygen atoms in total. The van der Waals surface area contributed by atoms with Crippen molar-refractivity contribution in [2.45, 2.75) is 4.90 Å². The maximum atomic E-state index is 12.7. The number of nitrogens with one attached hydrogen (secondary N) is 3. The maximum absolute atomic E-state index is 12.7. The van der Waals surface area contributed by atoms with Crippen LogP contribution in [0.5, 0.6) is 0 Å². The summed E-state index contributed by atoms with van der Waals surface area (Å²) >= 11 is 5.00. The molecular weight excluding hydrogens is 413 g/mol. The van der Waals surface area contributed by atoms with Gasteiger partial charge in [0.25, 0.3) is 11.8 Å². The maximum Gasteiger partial charge on any atom is 0.310 e. The van der Waals surface area contributed by atoms with E-state index in [9.17, 15) is 29.0 Å². The summed E-state index contributed by atoms with van der Waals surface area (Å²) in [5, 5.41) is 7.28. The molecule has 12 heteroatoms. The van der Waals surface area contributed by atoms with Crippen LogP contribution in [0.15, 0.2) is 47.4 Å². The van der Waals surface area contributed by atoms with Gasteiger partial charge < -0.3 is 10.6 Å². The van der Waals surface area contributed by atoms with Gasteiger partial charge in [0.05, 0.1) is 11.1 Å². The molecule has 1 aliphatic rings. The molecule has 1 aliphatic heterocycles. The SMILES string of the molecule is O=C1NC(=O)c2cc(NC(=S)Nc3ccc(S(F)(F)(F)(F)F)cc3)ccc21. The van der Waals surface area contributed by atoms with Gasteiger partial charge in [-0.1, -0.05) is 19.4 Å². The zero-order valence-electron chi connectivity index (χ0n) is 13.1. The number of carbonyl (C=O) groups is 2. The number of benzene rings is 2. The molecule has 3 N–H and O–H groups in total. The van der Waals surface area contributed by atoms with Gasteiger partial charge in [-0.05, 0) is 54.7 Å². The lowest BCUT2D eigenvalue weighted by molar-refractivity contribution is 0.0879. The van der Waals surface area contributed by atoms with E-state index < -0.39 is 26.9 Å². The second-order valence-corrected chi connectivity index (χ2v) is 8.43. The third-order valence-corrected chi connectivity index (χ3v) is 4.92. The number of amides is 2. The first-order valence-corrected chi connectivity index (χ1v) is 9.51. The van der Waals surface area contributed by atoms with Crippen molar-refractivity contribution in [1.29, 1.82) is 0 Å².